The van der Waals surface area contributed by atoms with E-state index in [0.717, 1.165) is 46.4 Å². The molecule has 0 saturated carbocycles. The molecule has 1 heterocycles. The molecule has 1 unspecified atom stereocenters. The van der Waals surface area contributed by atoms with Gasteiger partial charge in [-0.1, -0.05) is 57.2 Å². The lowest BCUT2D eigenvalue weighted by Crippen LogP contribution is -2.27. The quantitative estimate of drug-likeness (QED) is 0.465. The predicted molar refractivity (Wildman–Crippen MR) is 132 cm³/mol. The third-order valence-corrected chi connectivity index (χ3v) is 7.32. The number of amides is 1. The van der Waals surface area contributed by atoms with E-state index in [1.165, 1.54) is 17.3 Å². The summed E-state index contributed by atoms with van der Waals surface area (Å²) in [5.41, 5.74) is 4.04. The molecular formula is C27H29N3OS. The lowest BCUT2D eigenvalue weighted by atomic mass is 9.71. The summed E-state index contributed by atoms with van der Waals surface area (Å²) in [5, 5.41) is 15.6. The van der Waals surface area contributed by atoms with Gasteiger partial charge in [-0.3, -0.25) is 4.79 Å². The Balaban J connectivity index is 1.40. The number of pyridine rings is 1. The third-order valence-electron chi connectivity index (χ3n) is 6.33. The topological polar surface area (TPSA) is 65.8 Å². The summed E-state index contributed by atoms with van der Waals surface area (Å²) in [6.07, 6.45) is 3.44. The molecule has 5 heteroatoms. The van der Waals surface area contributed by atoms with Crippen molar-refractivity contribution in [3.05, 3.63) is 65.4 Å². The number of aryl methyl sites for hydroxylation is 1. The molecule has 4 nitrogen and oxygen atoms in total. The summed E-state index contributed by atoms with van der Waals surface area (Å²) < 4.78 is 0. The van der Waals surface area contributed by atoms with E-state index in [-0.39, 0.29) is 11.3 Å². The molecule has 32 heavy (non-hydrogen) atoms. The van der Waals surface area contributed by atoms with Crippen LogP contribution in [0.3, 0.4) is 0 Å². The van der Waals surface area contributed by atoms with Crippen LogP contribution in [0.5, 0.6) is 0 Å². The summed E-state index contributed by atoms with van der Waals surface area (Å²) >= 11 is 1.50. The van der Waals surface area contributed by atoms with Gasteiger partial charge in [0.2, 0.25) is 5.91 Å². The highest BCUT2D eigenvalue weighted by atomic mass is 32.2. The van der Waals surface area contributed by atoms with E-state index < -0.39 is 0 Å². The van der Waals surface area contributed by atoms with Crippen molar-refractivity contribution in [1.82, 2.24) is 4.98 Å². The molecular weight excluding hydrogens is 414 g/mol. The average Bonchev–Trinajstić information content (AvgIpc) is 2.78. The van der Waals surface area contributed by atoms with Crippen LogP contribution < -0.4 is 5.32 Å². The third kappa shape index (κ3) is 4.97. The fourth-order valence-corrected chi connectivity index (χ4v) is 5.28. The van der Waals surface area contributed by atoms with E-state index in [1.807, 2.05) is 48.5 Å². The average molecular weight is 444 g/mol. The Kier molecular flexibility index (Phi) is 6.53. The van der Waals surface area contributed by atoms with Crippen LogP contribution in [-0.2, 0) is 17.6 Å². The van der Waals surface area contributed by atoms with E-state index in [0.29, 0.717) is 23.7 Å². The summed E-state index contributed by atoms with van der Waals surface area (Å²) in [6, 6.07) is 18.3. The van der Waals surface area contributed by atoms with Crippen molar-refractivity contribution >= 4 is 34.1 Å². The highest BCUT2D eigenvalue weighted by molar-refractivity contribution is 7.99. The molecule has 1 aliphatic carbocycles. The maximum atomic E-state index is 12.6. The van der Waals surface area contributed by atoms with Gasteiger partial charge in [0.1, 0.15) is 11.1 Å². The minimum absolute atomic E-state index is 0.0293. The summed E-state index contributed by atoms with van der Waals surface area (Å²) in [6.45, 7) is 6.86. The second-order valence-electron chi connectivity index (χ2n) is 9.54. The SMILES string of the molecule is CC(C)(C)C1CCc2nc(SCCC(=O)Nc3cccc4ccccc34)c(C#N)cc2C1. The number of nitrogens with one attached hydrogen (secondary N) is 1. The molecule has 0 fully saturated rings. The highest BCUT2D eigenvalue weighted by Gasteiger charge is 2.30. The van der Waals surface area contributed by atoms with Crippen molar-refractivity contribution in [2.75, 3.05) is 11.1 Å². The van der Waals surface area contributed by atoms with Crippen molar-refractivity contribution in [2.24, 2.45) is 11.3 Å². The Labute approximate surface area is 194 Å². The summed E-state index contributed by atoms with van der Waals surface area (Å²) in [7, 11) is 0. The van der Waals surface area contributed by atoms with Gasteiger partial charge in [0.15, 0.2) is 0 Å². The Morgan fingerprint density at radius 2 is 2.00 bits per heavy atom. The maximum absolute atomic E-state index is 12.6. The van der Waals surface area contributed by atoms with Crippen molar-refractivity contribution < 1.29 is 4.79 Å². The van der Waals surface area contributed by atoms with Gasteiger partial charge < -0.3 is 5.32 Å². The standard InChI is InChI=1S/C27H29N3OS/c1-27(2,3)21-11-12-23-19(16-21)15-20(17-28)26(30-23)32-14-13-25(31)29-24-10-6-8-18-7-4-5-9-22(18)24/h4-10,15,21H,11-14,16H2,1-3H3,(H,29,31). The summed E-state index contributed by atoms with van der Waals surface area (Å²) in [4.78, 5) is 17.4. The minimum atomic E-state index is -0.0293. The zero-order valence-corrected chi connectivity index (χ0v) is 19.8. The highest BCUT2D eigenvalue weighted by Crippen LogP contribution is 2.38. The lowest BCUT2D eigenvalue weighted by Gasteiger charge is -2.34. The van der Waals surface area contributed by atoms with Crippen LogP contribution in [0.2, 0.25) is 0 Å². The smallest absolute Gasteiger partial charge is 0.225 e. The van der Waals surface area contributed by atoms with E-state index in [2.05, 4.69) is 32.2 Å². The number of carbonyl (C=O) groups excluding carboxylic acids is 1. The van der Waals surface area contributed by atoms with Crippen LogP contribution in [0.4, 0.5) is 5.69 Å². The van der Waals surface area contributed by atoms with Crippen molar-refractivity contribution in [1.29, 1.82) is 5.26 Å². The van der Waals surface area contributed by atoms with E-state index in [1.54, 1.807) is 0 Å². The first-order valence-electron chi connectivity index (χ1n) is 11.2. The number of hydrogen-bond donors (Lipinski definition) is 1. The molecule has 0 saturated heterocycles. The first-order valence-corrected chi connectivity index (χ1v) is 12.2. The Morgan fingerprint density at radius 1 is 1.22 bits per heavy atom. The number of anilines is 1. The lowest BCUT2D eigenvalue weighted by molar-refractivity contribution is -0.115. The zero-order chi connectivity index (χ0) is 22.7. The van der Waals surface area contributed by atoms with Crippen molar-refractivity contribution in [3.63, 3.8) is 0 Å². The van der Waals surface area contributed by atoms with Gasteiger partial charge in [0.05, 0.1) is 5.56 Å². The van der Waals surface area contributed by atoms with Crippen LogP contribution in [0.25, 0.3) is 10.8 Å². The molecule has 4 rings (SSSR count). The van der Waals surface area contributed by atoms with E-state index >= 15 is 0 Å². The van der Waals surface area contributed by atoms with Crippen molar-refractivity contribution in [2.45, 2.75) is 51.5 Å². The minimum Gasteiger partial charge on any atom is -0.325 e. The normalized spacial score (nSPS) is 15.8. The monoisotopic (exact) mass is 443 g/mol. The fourth-order valence-electron chi connectivity index (χ4n) is 4.36. The van der Waals surface area contributed by atoms with Gasteiger partial charge in [-0.25, -0.2) is 4.98 Å². The van der Waals surface area contributed by atoms with Crippen LogP contribution in [0, 0.1) is 22.7 Å². The molecule has 0 radical (unpaired) electrons. The maximum Gasteiger partial charge on any atom is 0.225 e. The van der Waals surface area contributed by atoms with Gasteiger partial charge in [-0.2, -0.15) is 5.26 Å². The Bertz CT molecular complexity index is 1180. The summed E-state index contributed by atoms with van der Waals surface area (Å²) in [5.74, 6) is 1.17. The fraction of sp³-hybridized carbons (Fsp3) is 0.370. The molecule has 0 aliphatic heterocycles. The second-order valence-corrected chi connectivity index (χ2v) is 10.6. The first kappa shape index (κ1) is 22.4. The number of rotatable bonds is 5. The number of carbonyl (C=O) groups is 1. The molecule has 3 aromatic rings. The van der Waals surface area contributed by atoms with E-state index in [4.69, 9.17) is 4.98 Å². The number of aromatic nitrogens is 1. The zero-order valence-electron chi connectivity index (χ0n) is 18.9. The molecule has 1 aliphatic rings. The molecule has 0 spiro atoms. The first-order chi connectivity index (χ1) is 15.3. The molecule has 164 valence electrons. The number of thioether (sulfide) groups is 1. The van der Waals surface area contributed by atoms with Crippen LogP contribution in [-0.4, -0.2) is 16.6 Å². The second kappa shape index (κ2) is 9.34. The molecule has 0 bridgehead atoms. The predicted octanol–water partition coefficient (Wildman–Crippen LogP) is 6.38. The largest absolute Gasteiger partial charge is 0.325 e. The molecule has 2 aromatic carbocycles. The number of fused-ring (bicyclic) bond motifs is 2. The van der Waals surface area contributed by atoms with Gasteiger partial charge in [-0.15, -0.1) is 11.8 Å². The number of benzene rings is 2. The number of hydrogen-bond acceptors (Lipinski definition) is 4. The van der Waals surface area contributed by atoms with Crippen LogP contribution in [0.15, 0.2) is 53.6 Å². The van der Waals surface area contributed by atoms with Crippen LogP contribution >= 0.6 is 11.8 Å². The number of nitrogens with zero attached hydrogens (tertiary/aromatic N) is 2. The van der Waals surface area contributed by atoms with Crippen LogP contribution in [0.1, 0.15) is 50.4 Å². The van der Waals surface area contributed by atoms with Gasteiger partial charge in [0.25, 0.3) is 0 Å². The van der Waals surface area contributed by atoms with Gasteiger partial charge >= 0.3 is 0 Å². The number of nitriles is 1. The Hall–Kier alpha value is -2.84. The molecule has 1 aromatic heterocycles. The molecule has 1 amide bonds. The molecule has 1 atom stereocenters. The van der Waals surface area contributed by atoms with Gasteiger partial charge in [-0.05, 0) is 53.7 Å². The Morgan fingerprint density at radius 3 is 2.78 bits per heavy atom. The van der Waals surface area contributed by atoms with E-state index in [9.17, 15) is 10.1 Å². The van der Waals surface area contributed by atoms with Gasteiger partial charge in [0, 0.05) is 28.9 Å². The molecule has 1 N–H and O–H groups in total. The van der Waals surface area contributed by atoms with Crippen molar-refractivity contribution in [3.8, 4) is 6.07 Å².